The van der Waals surface area contributed by atoms with Gasteiger partial charge in [0.15, 0.2) is 0 Å². The molecule has 1 heterocycles. The number of phenols is 1. The Bertz CT molecular complexity index is 687. The van der Waals surface area contributed by atoms with Crippen LogP contribution in [0, 0.1) is 5.92 Å². The average molecular weight is 338 g/mol. The molecule has 25 heavy (non-hydrogen) atoms. The quantitative estimate of drug-likeness (QED) is 0.863. The highest BCUT2D eigenvalue weighted by Crippen LogP contribution is 2.40. The molecule has 3 heteroatoms. The summed E-state index contributed by atoms with van der Waals surface area (Å²) in [6.45, 7) is 7.86. The number of piperidine rings is 1. The third-order valence-corrected chi connectivity index (χ3v) is 6.06. The summed E-state index contributed by atoms with van der Waals surface area (Å²) in [6.07, 6.45) is 2.10. The van der Waals surface area contributed by atoms with E-state index in [1.807, 2.05) is 18.2 Å². The zero-order chi connectivity index (χ0) is 17.9. The second kappa shape index (κ2) is 7.59. The molecule has 0 bridgehead atoms. The molecule has 1 aliphatic rings. The SMILES string of the molecule is CC1CN(CCC(N)c2ccccc2)CCC1(C)c1cccc(O)c1. The summed E-state index contributed by atoms with van der Waals surface area (Å²) in [4.78, 5) is 2.54. The van der Waals surface area contributed by atoms with Crippen molar-refractivity contribution >= 4 is 0 Å². The van der Waals surface area contributed by atoms with Gasteiger partial charge in [0.25, 0.3) is 0 Å². The molecule has 0 radical (unpaired) electrons. The van der Waals surface area contributed by atoms with Crippen LogP contribution in [0.15, 0.2) is 54.6 Å². The molecule has 3 atom stereocenters. The summed E-state index contributed by atoms with van der Waals surface area (Å²) in [7, 11) is 0. The predicted octanol–water partition coefficient (Wildman–Crippen LogP) is 4.08. The van der Waals surface area contributed by atoms with Gasteiger partial charge in [-0.1, -0.05) is 56.3 Å². The number of aromatic hydroxyl groups is 1. The molecule has 3 rings (SSSR count). The number of likely N-dealkylation sites (tertiary alicyclic amines) is 1. The second-order valence-corrected chi connectivity index (χ2v) is 7.73. The molecule has 0 spiro atoms. The zero-order valence-electron chi connectivity index (χ0n) is 15.4. The van der Waals surface area contributed by atoms with Gasteiger partial charge in [-0.2, -0.15) is 0 Å². The molecule has 0 aliphatic carbocycles. The van der Waals surface area contributed by atoms with E-state index in [1.165, 1.54) is 11.1 Å². The van der Waals surface area contributed by atoms with Gasteiger partial charge >= 0.3 is 0 Å². The Balaban J connectivity index is 1.58. The highest BCUT2D eigenvalue weighted by Gasteiger charge is 2.38. The van der Waals surface area contributed by atoms with Crippen LogP contribution < -0.4 is 5.73 Å². The standard InChI is InChI=1S/C22H30N2O/c1-17-16-24(13-11-21(23)18-7-4-3-5-8-18)14-12-22(17,2)19-9-6-10-20(25)15-19/h3-10,15,17,21,25H,11-14,16,23H2,1-2H3. The normalized spacial score (nSPS) is 25.6. The van der Waals surface area contributed by atoms with Gasteiger partial charge in [0.05, 0.1) is 0 Å². The summed E-state index contributed by atoms with van der Waals surface area (Å²) in [5, 5.41) is 9.83. The topological polar surface area (TPSA) is 49.5 Å². The van der Waals surface area contributed by atoms with E-state index in [0.29, 0.717) is 11.7 Å². The molecule has 0 aromatic heterocycles. The number of nitrogens with two attached hydrogens (primary N) is 1. The molecule has 1 fully saturated rings. The van der Waals surface area contributed by atoms with Crippen LogP contribution in [0.5, 0.6) is 5.75 Å². The Kier molecular flexibility index (Phi) is 5.45. The molecule has 3 N–H and O–H groups in total. The molecular weight excluding hydrogens is 308 g/mol. The lowest BCUT2D eigenvalue weighted by molar-refractivity contribution is 0.108. The molecule has 2 aromatic carbocycles. The second-order valence-electron chi connectivity index (χ2n) is 7.73. The van der Waals surface area contributed by atoms with Crippen molar-refractivity contribution in [2.24, 2.45) is 11.7 Å². The van der Waals surface area contributed by atoms with E-state index in [-0.39, 0.29) is 11.5 Å². The van der Waals surface area contributed by atoms with Gasteiger partial charge in [0.2, 0.25) is 0 Å². The lowest BCUT2D eigenvalue weighted by atomic mass is 9.68. The lowest BCUT2D eigenvalue weighted by Crippen LogP contribution is -2.47. The summed E-state index contributed by atoms with van der Waals surface area (Å²) >= 11 is 0. The first kappa shape index (κ1) is 18.0. The Morgan fingerprint density at radius 2 is 1.96 bits per heavy atom. The van der Waals surface area contributed by atoms with E-state index < -0.39 is 0 Å². The third kappa shape index (κ3) is 4.05. The van der Waals surface area contributed by atoms with Crippen LogP contribution in [0.2, 0.25) is 0 Å². The fraction of sp³-hybridized carbons (Fsp3) is 0.455. The van der Waals surface area contributed by atoms with Gasteiger partial charge in [-0.3, -0.25) is 0 Å². The third-order valence-electron chi connectivity index (χ3n) is 6.06. The summed E-state index contributed by atoms with van der Waals surface area (Å²) < 4.78 is 0. The maximum absolute atomic E-state index is 9.83. The van der Waals surface area contributed by atoms with Crippen LogP contribution in [-0.4, -0.2) is 29.6 Å². The van der Waals surface area contributed by atoms with Crippen molar-refractivity contribution in [1.82, 2.24) is 4.90 Å². The number of nitrogens with zero attached hydrogens (tertiary/aromatic N) is 1. The first-order valence-electron chi connectivity index (χ1n) is 9.31. The smallest absolute Gasteiger partial charge is 0.115 e. The van der Waals surface area contributed by atoms with Gasteiger partial charge < -0.3 is 15.7 Å². The van der Waals surface area contributed by atoms with Crippen LogP contribution in [0.4, 0.5) is 0 Å². The number of hydrogen-bond acceptors (Lipinski definition) is 3. The molecule has 3 unspecified atom stereocenters. The first-order valence-corrected chi connectivity index (χ1v) is 9.31. The van der Waals surface area contributed by atoms with E-state index in [2.05, 4.69) is 49.1 Å². The van der Waals surface area contributed by atoms with Gasteiger partial charge in [0, 0.05) is 12.6 Å². The van der Waals surface area contributed by atoms with Gasteiger partial charge in [-0.05, 0) is 60.5 Å². The number of rotatable bonds is 5. The Morgan fingerprint density at radius 1 is 1.20 bits per heavy atom. The highest BCUT2D eigenvalue weighted by molar-refractivity contribution is 5.33. The Hall–Kier alpha value is -1.84. The maximum Gasteiger partial charge on any atom is 0.115 e. The Labute approximate surface area is 151 Å². The van der Waals surface area contributed by atoms with Crippen molar-refractivity contribution in [2.75, 3.05) is 19.6 Å². The van der Waals surface area contributed by atoms with Crippen molar-refractivity contribution in [2.45, 2.75) is 38.1 Å². The minimum Gasteiger partial charge on any atom is -0.508 e. The van der Waals surface area contributed by atoms with Crippen molar-refractivity contribution in [1.29, 1.82) is 0 Å². The number of phenolic OH excluding ortho intramolecular Hbond substituents is 1. The van der Waals surface area contributed by atoms with Crippen molar-refractivity contribution in [3.8, 4) is 5.75 Å². The number of benzene rings is 2. The van der Waals surface area contributed by atoms with Crippen LogP contribution in [0.25, 0.3) is 0 Å². The summed E-state index contributed by atoms with van der Waals surface area (Å²) in [5.74, 6) is 0.901. The zero-order valence-corrected chi connectivity index (χ0v) is 15.4. The fourth-order valence-electron chi connectivity index (χ4n) is 4.00. The Morgan fingerprint density at radius 3 is 2.64 bits per heavy atom. The van der Waals surface area contributed by atoms with Gasteiger partial charge in [0.1, 0.15) is 5.75 Å². The minimum atomic E-state index is 0.107. The van der Waals surface area contributed by atoms with E-state index in [9.17, 15) is 5.11 Å². The molecule has 0 amide bonds. The highest BCUT2D eigenvalue weighted by atomic mass is 16.3. The van der Waals surface area contributed by atoms with E-state index in [1.54, 1.807) is 6.07 Å². The van der Waals surface area contributed by atoms with Crippen molar-refractivity contribution in [3.05, 3.63) is 65.7 Å². The molecule has 134 valence electrons. The summed E-state index contributed by atoms with van der Waals surface area (Å²) in [5.41, 5.74) is 8.95. The molecule has 1 aliphatic heterocycles. The average Bonchev–Trinajstić information content (AvgIpc) is 2.63. The lowest BCUT2D eigenvalue weighted by Gasteiger charge is -2.45. The van der Waals surface area contributed by atoms with Crippen LogP contribution in [0.3, 0.4) is 0 Å². The molecule has 2 aromatic rings. The first-order chi connectivity index (χ1) is 12.0. The van der Waals surface area contributed by atoms with Crippen LogP contribution in [0.1, 0.15) is 43.9 Å². The molecular formula is C22H30N2O. The predicted molar refractivity (Wildman–Crippen MR) is 104 cm³/mol. The maximum atomic E-state index is 9.83. The van der Waals surface area contributed by atoms with Crippen LogP contribution in [-0.2, 0) is 5.41 Å². The van der Waals surface area contributed by atoms with Gasteiger partial charge in [-0.15, -0.1) is 0 Å². The van der Waals surface area contributed by atoms with Gasteiger partial charge in [-0.25, -0.2) is 0 Å². The van der Waals surface area contributed by atoms with E-state index in [0.717, 1.165) is 32.5 Å². The van der Waals surface area contributed by atoms with Crippen LogP contribution >= 0.6 is 0 Å². The van der Waals surface area contributed by atoms with Crippen molar-refractivity contribution in [3.63, 3.8) is 0 Å². The van der Waals surface area contributed by atoms with E-state index in [4.69, 9.17) is 5.73 Å². The summed E-state index contributed by atoms with van der Waals surface area (Å²) in [6, 6.07) is 18.3. The van der Waals surface area contributed by atoms with Crippen molar-refractivity contribution < 1.29 is 5.11 Å². The molecule has 1 saturated heterocycles. The monoisotopic (exact) mass is 338 g/mol. The minimum absolute atomic E-state index is 0.107. The molecule has 0 saturated carbocycles. The largest absolute Gasteiger partial charge is 0.508 e. The fourth-order valence-corrected chi connectivity index (χ4v) is 4.00. The number of hydrogen-bond donors (Lipinski definition) is 2. The molecule has 3 nitrogen and oxygen atoms in total. The van der Waals surface area contributed by atoms with E-state index >= 15 is 0 Å².